The molecule has 0 spiro atoms. The molecule has 0 saturated carbocycles. The molecule has 0 aliphatic carbocycles. The highest BCUT2D eigenvalue weighted by Gasteiger charge is 2.06. The number of guanidine groups is 1. The Balaban J connectivity index is 1.60. The van der Waals surface area contributed by atoms with Crippen LogP contribution >= 0.6 is 0 Å². The van der Waals surface area contributed by atoms with Crippen molar-refractivity contribution >= 4 is 16.9 Å². The summed E-state index contributed by atoms with van der Waals surface area (Å²) in [5.74, 6) is 1.51. The molecule has 25 heavy (non-hydrogen) atoms. The Hall–Kier alpha value is -2.90. The van der Waals surface area contributed by atoms with E-state index in [2.05, 4.69) is 30.8 Å². The van der Waals surface area contributed by atoms with E-state index in [9.17, 15) is 4.39 Å². The number of hydrogen-bond acceptors (Lipinski definition) is 4. The summed E-state index contributed by atoms with van der Waals surface area (Å²) in [5, 5.41) is 11.2. The predicted molar refractivity (Wildman–Crippen MR) is 93.8 cm³/mol. The van der Waals surface area contributed by atoms with Gasteiger partial charge in [0.25, 0.3) is 0 Å². The summed E-state index contributed by atoms with van der Waals surface area (Å²) in [7, 11) is 0. The van der Waals surface area contributed by atoms with Crippen LogP contribution in [0.3, 0.4) is 0 Å². The molecule has 3 aromatic rings. The maximum atomic E-state index is 13.4. The topological polar surface area (TPSA) is 91.1 Å². The summed E-state index contributed by atoms with van der Waals surface area (Å²) >= 11 is 0. The number of rotatable bonds is 6. The summed E-state index contributed by atoms with van der Waals surface area (Å²) in [6, 6.07) is 4.76. The zero-order valence-electron chi connectivity index (χ0n) is 14.3. The van der Waals surface area contributed by atoms with Crippen LogP contribution in [0.4, 0.5) is 4.39 Å². The van der Waals surface area contributed by atoms with Crippen molar-refractivity contribution in [1.29, 1.82) is 0 Å². The van der Waals surface area contributed by atoms with E-state index in [4.69, 9.17) is 4.52 Å². The molecule has 2 heterocycles. The maximum Gasteiger partial charge on any atom is 0.223 e. The zero-order valence-corrected chi connectivity index (χ0v) is 14.3. The van der Waals surface area contributed by atoms with Gasteiger partial charge in [-0.15, -0.1) is 0 Å². The number of H-pyrrole nitrogens is 1. The number of aromatic amines is 1. The Morgan fingerprint density at radius 3 is 3.00 bits per heavy atom. The average molecular weight is 344 g/mol. The molecule has 0 radical (unpaired) electrons. The van der Waals surface area contributed by atoms with Crippen molar-refractivity contribution in [2.75, 3.05) is 13.1 Å². The van der Waals surface area contributed by atoms with Crippen LogP contribution in [0.2, 0.25) is 0 Å². The maximum absolute atomic E-state index is 13.4. The third kappa shape index (κ3) is 4.34. The lowest BCUT2D eigenvalue weighted by atomic mass is 10.1. The second-order valence-corrected chi connectivity index (χ2v) is 5.61. The van der Waals surface area contributed by atoms with Gasteiger partial charge >= 0.3 is 0 Å². The molecule has 1 aromatic carbocycles. The van der Waals surface area contributed by atoms with Gasteiger partial charge < -0.3 is 20.1 Å². The van der Waals surface area contributed by atoms with Crippen LogP contribution in [0.1, 0.15) is 24.2 Å². The predicted octanol–water partition coefficient (Wildman–Crippen LogP) is 2.30. The van der Waals surface area contributed by atoms with Crippen molar-refractivity contribution in [3.05, 3.63) is 47.5 Å². The summed E-state index contributed by atoms with van der Waals surface area (Å²) < 4.78 is 18.4. The minimum Gasteiger partial charge on any atom is -0.361 e. The number of benzene rings is 1. The van der Waals surface area contributed by atoms with Crippen molar-refractivity contribution in [3.63, 3.8) is 0 Å². The third-order valence-corrected chi connectivity index (χ3v) is 3.71. The van der Waals surface area contributed by atoms with Gasteiger partial charge in [-0.3, -0.25) is 0 Å². The highest BCUT2D eigenvalue weighted by atomic mass is 19.1. The van der Waals surface area contributed by atoms with E-state index in [0.717, 1.165) is 29.4 Å². The SMILES string of the molecule is CCNC(=NCc1noc(C)n1)NCCc1c[nH]c2ccc(F)cc12. The number of aryl methyl sites for hydroxylation is 1. The average Bonchev–Trinajstić information content (AvgIpc) is 3.19. The van der Waals surface area contributed by atoms with Crippen LogP contribution in [-0.4, -0.2) is 34.2 Å². The number of aromatic nitrogens is 3. The molecule has 0 aliphatic rings. The monoisotopic (exact) mass is 344 g/mol. The van der Waals surface area contributed by atoms with Crippen LogP contribution < -0.4 is 10.6 Å². The molecule has 0 unspecified atom stereocenters. The van der Waals surface area contributed by atoms with Gasteiger partial charge in [-0.2, -0.15) is 4.98 Å². The Morgan fingerprint density at radius 1 is 1.36 bits per heavy atom. The molecule has 0 fully saturated rings. The van der Waals surface area contributed by atoms with Gasteiger partial charge in [0.15, 0.2) is 11.8 Å². The molecule has 8 heteroatoms. The van der Waals surface area contributed by atoms with E-state index in [-0.39, 0.29) is 5.82 Å². The quantitative estimate of drug-likeness (QED) is 0.471. The lowest BCUT2D eigenvalue weighted by Crippen LogP contribution is -2.38. The third-order valence-electron chi connectivity index (χ3n) is 3.71. The fourth-order valence-corrected chi connectivity index (χ4v) is 2.57. The van der Waals surface area contributed by atoms with Crippen molar-refractivity contribution in [1.82, 2.24) is 25.8 Å². The van der Waals surface area contributed by atoms with Crippen LogP contribution in [0.25, 0.3) is 10.9 Å². The molecule has 0 aliphatic heterocycles. The van der Waals surface area contributed by atoms with Gasteiger partial charge in [-0.25, -0.2) is 9.38 Å². The molecule has 3 rings (SSSR count). The number of fused-ring (bicyclic) bond motifs is 1. The van der Waals surface area contributed by atoms with Crippen molar-refractivity contribution in [2.45, 2.75) is 26.8 Å². The van der Waals surface area contributed by atoms with Gasteiger partial charge in [0.05, 0.1) is 0 Å². The zero-order chi connectivity index (χ0) is 17.6. The number of hydrogen-bond donors (Lipinski definition) is 3. The second kappa shape index (κ2) is 7.78. The first-order valence-corrected chi connectivity index (χ1v) is 8.22. The molecule has 0 atom stereocenters. The molecule has 2 aromatic heterocycles. The molecular weight excluding hydrogens is 323 g/mol. The van der Waals surface area contributed by atoms with Gasteiger partial charge in [0.1, 0.15) is 12.4 Å². The van der Waals surface area contributed by atoms with Gasteiger partial charge in [0, 0.05) is 37.1 Å². The van der Waals surface area contributed by atoms with E-state index in [1.807, 2.05) is 13.1 Å². The number of halogens is 1. The lowest BCUT2D eigenvalue weighted by molar-refractivity contribution is 0.387. The molecular formula is C17H21FN6O. The first kappa shape index (κ1) is 16.9. The van der Waals surface area contributed by atoms with E-state index in [1.54, 1.807) is 19.1 Å². The fraction of sp³-hybridized carbons (Fsp3) is 0.353. The second-order valence-electron chi connectivity index (χ2n) is 5.61. The Kier molecular flexibility index (Phi) is 5.27. The minimum absolute atomic E-state index is 0.230. The molecule has 0 amide bonds. The van der Waals surface area contributed by atoms with Crippen molar-refractivity contribution < 1.29 is 8.91 Å². The standard InChI is InChI=1S/C17H21FN6O/c1-3-19-17(22-10-16-23-11(2)25-24-16)20-7-6-12-9-21-15-5-4-13(18)8-14(12)15/h4-5,8-9,21H,3,6-7,10H2,1-2H3,(H2,19,20,22). The molecule has 0 bridgehead atoms. The Morgan fingerprint density at radius 2 is 2.24 bits per heavy atom. The summed E-state index contributed by atoms with van der Waals surface area (Å²) in [6.45, 7) is 5.49. The lowest BCUT2D eigenvalue weighted by Gasteiger charge is -2.10. The molecule has 132 valence electrons. The van der Waals surface area contributed by atoms with Crippen LogP contribution in [0, 0.1) is 12.7 Å². The van der Waals surface area contributed by atoms with Crippen molar-refractivity contribution in [3.8, 4) is 0 Å². The summed E-state index contributed by atoms with van der Waals surface area (Å²) in [6.07, 6.45) is 2.66. The number of nitrogens with one attached hydrogen (secondary N) is 3. The van der Waals surface area contributed by atoms with E-state index < -0.39 is 0 Å². The highest BCUT2D eigenvalue weighted by Crippen LogP contribution is 2.19. The normalized spacial score (nSPS) is 11.9. The van der Waals surface area contributed by atoms with Gasteiger partial charge in [-0.1, -0.05) is 5.16 Å². The van der Waals surface area contributed by atoms with Crippen molar-refractivity contribution in [2.24, 2.45) is 4.99 Å². The Bertz CT molecular complexity index is 869. The number of nitrogens with zero attached hydrogens (tertiary/aromatic N) is 3. The van der Waals surface area contributed by atoms with Crippen LogP contribution in [-0.2, 0) is 13.0 Å². The minimum atomic E-state index is -0.230. The smallest absolute Gasteiger partial charge is 0.223 e. The van der Waals surface area contributed by atoms with Gasteiger partial charge in [0.2, 0.25) is 5.89 Å². The molecule has 3 N–H and O–H groups in total. The van der Waals surface area contributed by atoms with E-state index >= 15 is 0 Å². The number of aliphatic imine (C=N–C) groups is 1. The highest BCUT2D eigenvalue weighted by molar-refractivity contribution is 5.83. The summed E-state index contributed by atoms with van der Waals surface area (Å²) in [4.78, 5) is 11.7. The van der Waals surface area contributed by atoms with Gasteiger partial charge in [-0.05, 0) is 37.1 Å². The van der Waals surface area contributed by atoms with Crippen LogP contribution in [0.15, 0.2) is 33.9 Å². The summed E-state index contributed by atoms with van der Waals surface area (Å²) in [5.41, 5.74) is 2.00. The fourth-order valence-electron chi connectivity index (χ4n) is 2.57. The molecule has 7 nitrogen and oxygen atoms in total. The van der Waals surface area contributed by atoms with E-state index in [1.165, 1.54) is 6.07 Å². The first-order chi connectivity index (χ1) is 12.2. The Labute approximate surface area is 144 Å². The molecule has 0 saturated heterocycles. The van der Waals surface area contributed by atoms with E-state index in [0.29, 0.717) is 30.8 Å². The largest absolute Gasteiger partial charge is 0.361 e. The first-order valence-electron chi connectivity index (χ1n) is 8.22. The van der Waals surface area contributed by atoms with Crippen LogP contribution in [0.5, 0.6) is 0 Å².